The first-order valence-electron chi connectivity index (χ1n) is 6.89. The molecule has 0 radical (unpaired) electrons. The van der Waals surface area contributed by atoms with Gasteiger partial charge in [-0.05, 0) is 43.9 Å². The van der Waals surface area contributed by atoms with E-state index < -0.39 is 5.60 Å². The molecular formula is C16H28O. The second kappa shape index (κ2) is 5.39. The van der Waals surface area contributed by atoms with E-state index in [1.54, 1.807) is 0 Å². The van der Waals surface area contributed by atoms with Crippen LogP contribution in [0.2, 0.25) is 0 Å². The minimum Gasteiger partial charge on any atom is -0.390 e. The van der Waals surface area contributed by atoms with Gasteiger partial charge < -0.3 is 5.11 Å². The quantitative estimate of drug-likeness (QED) is 0.674. The van der Waals surface area contributed by atoms with Crippen LogP contribution in [0.1, 0.15) is 59.8 Å². The highest BCUT2D eigenvalue weighted by atomic mass is 16.3. The van der Waals surface area contributed by atoms with Crippen LogP contribution in [0.3, 0.4) is 0 Å². The third-order valence-corrected chi connectivity index (χ3v) is 4.66. The third-order valence-electron chi connectivity index (χ3n) is 4.66. The van der Waals surface area contributed by atoms with E-state index in [2.05, 4.69) is 40.3 Å². The van der Waals surface area contributed by atoms with Gasteiger partial charge in [-0.15, -0.1) is 6.58 Å². The molecule has 0 fully saturated rings. The Morgan fingerprint density at radius 1 is 1.53 bits per heavy atom. The Kier molecular flexibility index (Phi) is 4.60. The summed E-state index contributed by atoms with van der Waals surface area (Å²) in [7, 11) is 0. The molecule has 0 aromatic heterocycles. The molecule has 1 nitrogen and oxygen atoms in total. The Morgan fingerprint density at radius 3 is 2.59 bits per heavy atom. The van der Waals surface area contributed by atoms with Gasteiger partial charge in [-0.3, -0.25) is 0 Å². The van der Waals surface area contributed by atoms with Crippen molar-refractivity contribution in [3.63, 3.8) is 0 Å². The van der Waals surface area contributed by atoms with Gasteiger partial charge in [0, 0.05) is 0 Å². The minimum absolute atomic E-state index is 0.130. The van der Waals surface area contributed by atoms with Crippen molar-refractivity contribution in [1.82, 2.24) is 0 Å². The standard InChI is InChI=1S/C16H28O/c1-6-8-12-16(17,11-7-2)14-10-9-13(3)15(14,4)5/h6,9,14,17H,1,7-8,10-12H2,2-5H3. The first kappa shape index (κ1) is 14.5. The number of aliphatic hydroxyl groups is 1. The van der Waals surface area contributed by atoms with Crippen LogP contribution in [0.4, 0.5) is 0 Å². The van der Waals surface area contributed by atoms with Gasteiger partial charge in [-0.25, -0.2) is 0 Å². The molecule has 1 aliphatic rings. The van der Waals surface area contributed by atoms with Gasteiger partial charge in [-0.2, -0.15) is 0 Å². The lowest BCUT2D eigenvalue weighted by atomic mass is 9.66. The normalized spacial score (nSPS) is 26.4. The van der Waals surface area contributed by atoms with Gasteiger partial charge in [0.25, 0.3) is 0 Å². The average molecular weight is 236 g/mol. The number of allylic oxidation sites excluding steroid dienone is 3. The maximum atomic E-state index is 11.0. The van der Waals surface area contributed by atoms with Crippen LogP contribution in [0, 0.1) is 11.3 Å². The second-order valence-corrected chi connectivity index (χ2v) is 6.08. The highest BCUT2D eigenvalue weighted by Crippen LogP contribution is 2.50. The lowest BCUT2D eigenvalue weighted by molar-refractivity contribution is -0.0630. The molecule has 0 heterocycles. The smallest absolute Gasteiger partial charge is 0.0689 e. The van der Waals surface area contributed by atoms with Crippen molar-refractivity contribution < 1.29 is 5.11 Å². The molecule has 0 saturated carbocycles. The van der Waals surface area contributed by atoms with Crippen LogP contribution in [0.15, 0.2) is 24.3 Å². The molecule has 0 bridgehead atoms. The zero-order chi connectivity index (χ0) is 13.1. The van der Waals surface area contributed by atoms with Crippen LogP contribution >= 0.6 is 0 Å². The molecule has 2 unspecified atom stereocenters. The summed E-state index contributed by atoms with van der Waals surface area (Å²) in [5.74, 6) is 0.356. The lowest BCUT2D eigenvalue weighted by Crippen LogP contribution is -2.44. The predicted octanol–water partition coefficient (Wildman–Crippen LogP) is 4.48. The van der Waals surface area contributed by atoms with Crippen molar-refractivity contribution in [2.75, 3.05) is 0 Å². The molecule has 1 rings (SSSR count). The molecule has 17 heavy (non-hydrogen) atoms. The molecule has 0 aromatic carbocycles. The van der Waals surface area contributed by atoms with Crippen LogP contribution in [-0.4, -0.2) is 10.7 Å². The Balaban J connectivity index is 2.88. The van der Waals surface area contributed by atoms with Gasteiger partial charge in [0.2, 0.25) is 0 Å². The predicted molar refractivity (Wildman–Crippen MR) is 74.9 cm³/mol. The number of hydrogen-bond acceptors (Lipinski definition) is 1. The van der Waals surface area contributed by atoms with Crippen molar-refractivity contribution in [2.45, 2.75) is 65.4 Å². The monoisotopic (exact) mass is 236 g/mol. The van der Waals surface area contributed by atoms with E-state index in [4.69, 9.17) is 0 Å². The fourth-order valence-corrected chi connectivity index (χ4v) is 3.28. The molecule has 1 aliphatic carbocycles. The zero-order valence-electron chi connectivity index (χ0n) is 11.9. The van der Waals surface area contributed by atoms with Crippen LogP contribution in [0.25, 0.3) is 0 Å². The summed E-state index contributed by atoms with van der Waals surface area (Å²) in [6, 6.07) is 0. The molecule has 2 atom stereocenters. The molecule has 98 valence electrons. The zero-order valence-corrected chi connectivity index (χ0v) is 11.9. The van der Waals surface area contributed by atoms with E-state index in [1.807, 2.05) is 6.08 Å². The topological polar surface area (TPSA) is 20.2 Å². The van der Waals surface area contributed by atoms with Crippen molar-refractivity contribution in [2.24, 2.45) is 11.3 Å². The molecule has 0 saturated heterocycles. The Hall–Kier alpha value is -0.560. The Morgan fingerprint density at radius 2 is 2.18 bits per heavy atom. The summed E-state index contributed by atoms with van der Waals surface area (Å²) in [5.41, 5.74) is 1.03. The van der Waals surface area contributed by atoms with E-state index in [-0.39, 0.29) is 5.41 Å². The van der Waals surface area contributed by atoms with Gasteiger partial charge in [0.15, 0.2) is 0 Å². The first-order valence-corrected chi connectivity index (χ1v) is 6.89. The van der Waals surface area contributed by atoms with E-state index >= 15 is 0 Å². The molecule has 0 aromatic rings. The molecule has 0 spiro atoms. The van der Waals surface area contributed by atoms with Crippen molar-refractivity contribution >= 4 is 0 Å². The summed E-state index contributed by atoms with van der Waals surface area (Å²) in [6.07, 6.45) is 8.94. The Labute approximate surface area is 107 Å². The maximum Gasteiger partial charge on any atom is 0.0689 e. The highest BCUT2D eigenvalue weighted by molar-refractivity contribution is 5.21. The SMILES string of the molecule is C=CCCC(O)(CCC)C1CC=C(C)C1(C)C. The second-order valence-electron chi connectivity index (χ2n) is 6.08. The lowest BCUT2D eigenvalue weighted by Gasteiger charge is -2.42. The van der Waals surface area contributed by atoms with Crippen LogP contribution < -0.4 is 0 Å². The molecular weight excluding hydrogens is 208 g/mol. The fourth-order valence-electron chi connectivity index (χ4n) is 3.28. The minimum atomic E-state index is -0.527. The van der Waals surface area contributed by atoms with Crippen molar-refractivity contribution in [3.8, 4) is 0 Å². The van der Waals surface area contributed by atoms with Gasteiger partial charge in [0.1, 0.15) is 0 Å². The van der Waals surface area contributed by atoms with E-state index in [0.717, 1.165) is 32.1 Å². The van der Waals surface area contributed by atoms with Crippen LogP contribution in [0.5, 0.6) is 0 Å². The molecule has 0 aliphatic heterocycles. The van der Waals surface area contributed by atoms with Gasteiger partial charge >= 0.3 is 0 Å². The van der Waals surface area contributed by atoms with Crippen LogP contribution in [-0.2, 0) is 0 Å². The molecule has 1 N–H and O–H groups in total. The summed E-state index contributed by atoms with van der Waals surface area (Å²) in [4.78, 5) is 0. The maximum absolute atomic E-state index is 11.0. The number of hydrogen-bond donors (Lipinski definition) is 1. The first-order chi connectivity index (χ1) is 7.88. The Bertz CT molecular complexity index is 301. The summed E-state index contributed by atoms with van der Waals surface area (Å²) in [5, 5.41) is 11.0. The van der Waals surface area contributed by atoms with Gasteiger partial charge in [0.05, 0.1) is 5.60 Å². The van der Waals surface area contributed by atoms with Crippen molar-refractivity contribution in [3.05, 3.63) is 24.3 Å². The highest BCUT2D eigenvalue weighted by Gasteiger charge is 2.46. The summed E-state index contributed by atoms with van der Waals surface area (Å²) < 4.78 is 0. The van der Waals surface area contributed by atoms with E-state index in [0.29, 0.717) is 5.92 Å². The van der Waals surface area contributed by atoms with E-state index in [9.17, 15) is 5.11 Å². The largest absolute Gasteiger partial charge is 0.390 e. The van der Waals surface area contributed by atoms with Crippen molar-refractivity contribution in [1.29, 1.82) is 0 Å². The molecule has 1 heteroatoms. The third kappa shape index (κ3) is 2.82. The van der Waals surface area contributed by atoms with Gasteiger partial charge in [-0.1, -0.05) is 44.9 Å². The molecule has 0 amide bonds. The fraction of sp³-hybridized carbons (Fsp3) is 0.750. The average Bonchev–Trinajstić information content (AvgIpc) is 2.52. The number of rotatable bonds is 6. The summed E-state index contributed by atoms with van der Waals surface area (Å²) >= 11 is 0. The summed E-state index contributed by atoms with van der Waals surface area (Å²) in [6.45, 7) is 12.7. The van der Waals surface area contributed by atoms with E-state index in [1.165, 1.54) is 5.57 Å².